The number of likely N-dealkylation sites (N-methyl/N-ethyl adjacent to an activating group) is 1. The molecule has 8 heteroatoms. The third kappa shape index (κ3) is 4.17. The van der Waals surface area contributed by atoms with E-state index in [0.29, 0.717) is 11.0 Å². The molecule has 0 aliphatic carbocycles. The van der Waals surface area contributed by atoms with Crippen molar-refractivity contribution in [3.05, 3.63) is 32.8 Å². The highest BCUT2D eigenvalue weighted by molar-refractivity contribution is 9.10. The zero-order valence-corrected chi connectivity index (χ0v) is 12.8. The van der Waals surface area contributed by atoms with Crippen LogP contribution in [0.1, 0.15) is 13.8 Å². The lowest BCUT2D eigenvalue weighted by atomic mass is 10.0. The van der Waals surface area contributed by atoms with Gasteiger partial charge in [0.15, 0.2) is 0 Å². The molecule has 0 aromatic heterocycles. The van der Waals surface area contributed by atoms with Crippen molar-refractivity contribution < 1.29 is 14.5 Å². The summed E-state index contributed by atoms with van der Waals surface area (Å²) in [5.41, 5.74) is 4.20. The fraction of sp³-hybridized carbons (Fsp3) is 0.417. The second kappa shape index (κ2) is 6.67. The molecule has 0 heterocycles. The summed E-state index contributed by atoms with van der Waals surface area (Å²) in [7, 11) is 0. The van der Waals surface area contributed by atoms with E-state index in [-0.39, 0.29) is 18.0 Å². The van der Waals surface area contributed by atoms with E-state index in [9.17, 15) is 14.9 Å². The molecule has 0 saturated heterocycles. The maximum absolute atomic E-state index is 11.4. The van der Waals surface area contributed by atoms with Crippen LogP contribution in [0.3, 0.4) is 0 Å². The van der Waals surface area contributed by atoms with Crippen LogP contribution in [-0.4, -0.2) is 29.5 Å². The van der Waals surface area contributed by atoms with Crippen LogP contribution in [0.4, 0.5) is 5.69 Å². The third-order valence-corrected chi connectivity index (χ3v) is 3.16. The van der Waals surface area contributed by atoms with Crippen molar-refractivity contribution >= 4 is 27.5 Å². The number of carbonyl (C=O) groups excluding carboxylic acids is 1. The Balaban J connectivity index is 2.88. The Morgan fingerprint density at radius 3 is 2.70 bits per heavy atom. The van der Waals surface area contributed by atoms with Crippen LogP contribution >= 0.6 is 15.9 Å². The standard InChI is InChI=1S/C12H16BrN3O4/c1-3-15-12(2,11(14)17)7-20-10-5-8(13)4-9(6-10)16(18)19/h4-6,15H,3,7H2,1-2H3,(H2,14,17). The van der Waals surface area contributed by atoms with E-state index < -0.39 is 16.4 Å². The van der Waals surface area contributed by atoms with Crippen molar-refractivity contribution in [2.24, 2.45) is 5.73 Å². The van der Waals surface area contributed by atoms with Gasteiger partial charge in [-0.15, -0.1) is 0 Å². The average molecular weight is 346 g/mol. The first kappa shape index (κ1) is 16.4. The number of carbonyl (C=O) groups is 1. The van der Waals surface area contributed by atoms with Crippen molar-refractivity contribution in [1.82, 2.24) is 5.32 Å². The van der Waals surface area contributed by atoms with Crippen LogP contribution in [0, 0.1) is 10.1 Å². The van der Waals surface area contributed by atoms with E-state index in [1.807, 2.05) is 6.92 Å². The Labute approximate surface area is 124 Å². The molecule has 0 bridgehead atoms. The zero-order valence-electron chi connectivity index (χ0n) is 11.2. The van der Waals surface area contributed by atoms with Gasteiger partial charge in [0.1, 0.15) is 17.9 Å². The van der Waals surface area contributed by atoms with Crippen LogP contribution < -0.4 is 15.8 Å². The molecule has 0 spiro atoms. The van der Waals surface area contributed by atoms with Crippen LogP contribution in [0.25, 0.3) is 0 Å². The monoisotopic (exact) mass is 345 g/mol. The van der Waals surface area contributed by atoms with Gasteiger partial charge in [-0.2, -0.15) is 0 Å². The summed E-state index contributed by atoms with van der Waals surface area (Å²) in [6.45, 7) is 3.97. The Kier molecular flexibility index (Phi) is 5.46. The number of nitro groups is 1. The quantitative estimate of drug-likeness (QED) is 0.576. The summed E-state index contributed by atoms with van der Waals surface area (Å²) >= 11 is 3.17. The van der Waals surface area contributed by atoms with Crippen molar-refractivity contribution in [2.45, 2.75) is 19.4 Å². The third-order valence-electron chi connectivity index (χ3n) is 2.71. The maximum Gasteiger partial charge on any atom is 0.274 e. The molecule has 0 fully saturated rings. The van der Waals surface area contributed by atoms with Gasteiger partial charge in [-0.3, -0.25) is 14.9 Å². The molecule has 0 aliphatic heterocycles. The number of rotatable bonds is 7. The molecule has 110 valence electrons. The van der Waals surface area contributed by atoms with Gasteiger partial charge in [-0.1, -0.05) is 22.9 Å². The number of nitrogens with zero attached hydrogens (tertiary/aromatic N) is 1. The molecule has 3 N–H and O–H groups in total. The highest BCUT2D eigenvalue weighted by atomic mass is 79.9. The molecular weight excluding hydrogens is 330 g/mol. The number of nitrogens with two attached hydrogens (primary N) is 1. The molecule has 20 heavy (non-hydrogen) atoms. The molecule has 1 aromatic rings. The molecular formula is C12H16BrN3O4. The minimum Gasteiger partial charge on any atom is -0.491 e. The number of hydrogen-bond acceptors (Lipinski definition) is 5. The second-order valence-electron chi connectivity index (χ2n) is 4.42. The Hall–Kier alpha value is -1.67. The lowest BCUT2D eigenvalue weighted by Gasteiger charge is -2.26. The van der Waals surface area contributed by atoms with Gasteiger partial charge in [-0.25, -0.2) is 0 Å². The van der Waals surface area contributed by atoms with Crippen LogP contribution in [0.5, 0.6) is 5.75 Å². The van der Waals surface area contributed by atoms with Gasteiger partial charge in [-0.05, 0) is 19.5 Å². The highest BCUT2D eigenvalue weighted by Gasteiger charge is 2.31. The number of nitrogens with one attached hydrogen (secondary N) is 1. The normalized spacial score (nSPS) is 13.6. The number of halogens is 1. The lowest BCUT2D eigenvalue weighted by Crippen LogP contribution is -2.57. The maximum atomic E-state index is 11.4. The molecule has 0 aliphatic rings. The van der Waals surface area contributed by atoms with Gasteiger partial charge >= 0.3 is 0 Å². The van der Waals surface area contributed by atoms with E-state index in [1.54, 1.807) is 13.0 Å². The van der Waals surface area contributed by atoms with E-state index in [4.69, 9.17) is 10.5 Å². The fourth-order valence-electron chi connectivity index (χ4n) is 1.56. The first-order valence-electron chi connectivity index (χ1n) is 5.91. The summed E-state index contributed by atoms with van der Waals surface area (Å²) in [5, 5.41) is 13.7. The minimum atomic E-state index is -1.04. The largest absolute Gasteiger partial charge is 0.491 e. The van der Waals surface area contributed by atoms with Gasteiger partial charge in [0.05, 0.1) is 11.0 Å². The van der Waals surface area contributed by atoms with Gasteiger partial charge < -0.3 is 15.8 Å². The number of primary amides is 1. The number of hydrogen-bond donors (Lipinski definition) is 2. The van der Waals surface area contributed by atoms with Gasteiger partial charge in [0.2, 0.25) is 5.91 Å². The van der Waals surface area contributed by atoms with E-state index in [0.717, 1.165) is 0 Å². The molecule has 7 nitrogen and oxygen atoms in total. The van der Waals surface area contributed by atoms with Crippen LogP contribution in [0.15, 0.2) is 22.7 Å². The van der Waals surface area contributed by atoms with Crippen LogP contribution in [0.2, 0.25) is 0 Å². The molecule has 1 aromatic carbocycles. The summed E-state index contributed by atoms with van der Waals surface area (Å²) < 4.78 is 5.98. The Bertz CT molecular complexity index is 523. The summed E-state index contributed by atoms with van der Waals surface area (Å²) in [6, 6.07) is 4.24. The summed E-state index contributed by atoms with van der Waals surface area (Å²) in [6.07, 6.45) is 0. The Morgan fingerprint density at radius 2 is 2.20 bits per heavy atom. The molecule has 0 saturated carbocycles. The molecule has 1 amide bonds. The summed E-state index contributed by atoms with van der Waals surface area (Å²) in [4.78, 5) is 21.7. The minimum absolute atomic E-state index is 0.0240. The first-order chi connectivity index (χ1) is 9.28. The lowest BCUT2D eigenvalue weighted by molar-refractivity contribution is -0.385. The Morgan fingerprint density at radius 1 is 1.55 bits per heavy atom. The number of nitro benzene ring substituents is 1. The van der Waals surface area contributed by atoms with Crippen molar-refractivity contribution in [3.63, 3.8) is 0 Å². The van der Waals surface area contributed by atoms with E-state index in [2.05, 4.69) is 21.2 Å². The number of non-ortho nitro benzene ring substituents is 1. The highest BCUT2D eigenvalue weighted by Crippen LogP contribution is 2.26. The van der Waals surface area contributed by atoms with Gasteiger partial charge in [0, 0.05) is 10.5 Å². The fourth-order valence-corrected chi connectivity index (χ4v) is 2.02. The zero-order chi connectivity index (χ0) is 15.3. The number of benzene rings is 1. The SMILES string of the molecule is CCNC(C)(COc1cc(Br)cc([N+](=O)[O-])c1)C(N)=O. The predicted molar refractivity (Wildman–Crippen MR) is 77.6 cm³/mol. The van der Waals surface area contributed by atoms with Gasteiger partial charge in [0.25, 0.3) is 5.69 Å². The van der Waals surface area contributed by atoms with Crippen molar-refractivity contribution in [1.29, 1.82) is 0 Å². The predicted octanol–water partition coefficient (Wildman–Crippen LogP) is 1.59. The van der Waals surface area contributed by atoms with Crippen molar-refractivity contribution in [3.8, 4) is 5.75 Å². The van der Waals surface area contributed by atoms with Crippen LogP contribution in [-0.2, 0) is 4.79 Å². The topological polar surface area (TPSA) is 107 Å². The van der Waals surface area contributed by atoms with E-state index in [1.165, 1.54) is 12.1 Å². The first-order valence-corrected chi connectivity index (χ1v) is 6.70. The molecule has 1 rings (SSSR count). The van der Waals surface area contributed by atoms with E-state index >= 15 is 0 Å². The smallest absolute Gasteiger partial charge is 0.274 e. The number of amides is 1. The number of ether oxygens (including phenoxy) is 1. The van der Waals surface area contributed by atoms with Crippen molar-refractivity contribution in [2.75, 3.05) is 13.2 Å². The molecule has 1 atom stereocenters. The molecule has 1 unspecified atom stereocenters. The molecule has 0 radical (unpaired) electrons. The second-order valence-corrected chi connectivity index (χ2v) is 5.33. The summed E-state index contributed by atoms with van der Waals surface area (Å²) in [5.74, 6) is -0.264. The average Bonchev–Trinajstić information content (AvgIpc) is 2.36.